The SMILES string of the molecule is COc1ccc(Cl)cc1NC(=O)CN(C)C(=O)COC(=O)C[C@H]1C[C@H]2CC[C@@H]1C2. The molecule has 2 aliphatic rings. The Labute approximate surface area is 175 Å². The number of likely N-dealkylation sites (N-methyl/N-ethyl adjacent to an activating group) is 1. The van der Waals surface area contributed by atoms with Gasteiger partial charge in [-0.1, -0.05) is 18.0 Å². The maximum atomic E-state index is 12.2. The Morgan fingerprint density at radius 2 is 2.03 bits per heavy atom. The molecule has 3 rings (SSSR count). The van der Waals surface area contributed by atoms with Gasteiger partial charge in [0.25, 0.3) is 5.91 Å². The van der Waals surface area contributed by atoms with Gasteiger partial charge >= 0.3 is 5.97 Å². The van der Waals surface area contributed by atoms with Crippen molar-refractivity contribution >= 4 is 35.1 Å². The molecule has 1 aromatic rings. The van der Waals surface area contributed by atoms with Gasteiger partial charge in [0.05, 0.1) is 19.3 Å². The summed E-state index contributed by atoms with van der Waals surface area (Å²) in [4.78, 5) is 37.7. The van der Waals surface area contributed by atoms with Crippen molar-refractivity contribution in [3.63, 3.8) is 0 Å². The van der Waals surface area contributed by atoms with Crippen LogP contribution in [0.25, 0.3) is 0 Å². The fourth-order valence-electron chi connectivity index (χ4n) is 4.42. The molecule has 0 unspecified atom stereocenters. The molecule has 2 fully saturated rings. The Kier molecular flexibility index (Phi) is 7.00. The molecule has 0 radical (unpaired) electrons. The van der Waals surface area contributed by atoms with Crippen molar-refractivity contribution in [1.82, 2.24) is 4.90 Å². The Hall–Kier alpha value is -2.28. The van der Waals surface area contributed by atoms with Crippen LogP contribution in [0.1, 0.15) is 32.1 Å². The number of amides is 2. The first-order valence-electron chi connectivity index (χ1n) is 9.88. The average molecular weight is 423 g/mol. The molecule has 2 saturated carbocycles. The Morgan fingerprint density at radius 1 is 1.24 bits per heavy atom. The normalized spacial score (nSPS) is 22.2. The van der Waals surface area contributed by atoms with E-state index in [2.05, 4.69) is 5.32 Å². The monoisotopic (exact) mass is 422 g/mol. The molecule has 0 aliphatic heterocycles. The standard InChI is InChI=1S/C21H27ClN2O5/c1-24(11-19(25)23-17-10-16(22)5-6-18(17)28-2)20(26)12-29-21(27)9-15-8-13-3-4-14(15)7-13/h5-6,10,13-15H,3-4,7-9,11-12H2,1-2H3,(H,23,25)/t13-,14+,15+/m0/s1. The maximum Gasteiger partial charge on any atom is 0.306 e. The van der Waals surface area contributed by atoms with Gasteiger partial charge in [-0.25, -0.2) is 0 Å². The fraction of sp³-hybridized carbons (Fsp3) is 0.571. The van der Waals surface area contributed by atoms with Gasteiger partial charge in [0.1, 0.15) is 5.75 Å². The van der Waals surface area contributed by atoms with Crippen LogP contribution in [-0.2, 0) is 19.1 Å². The summed E-state index contributed by atoms with van der Waals surface area (Å²) >= 11 is 5.95. The lowest BCUT2D eigenvalue weighted by molar-refractivity contribution is -0.152. The molecule has 3 atom stereocenters. The van der Waals surface area contributed by atoms with Crippen molar-refractivity contribution in [3.8, 4) is 5.75 Å². The lowest BCUT2D eigenvalue weighted by Gasteiger charge is -2.21. The zero-order chi connectivity index (χ0) is 21.0. The van der Waals surface area contributed by atoms with Crippen molar-refractivity contribution in [3.05, 3.63) is 23.2 Å². The molecule has 0 spiro atoms. The summed E-state index contributed by atoms with van der Waals surface area (Å²) in [6.07, 6.45) is 5.19. The van der Waals surface area contributed by atoms with Crippen LogP contribution in [0, 0.1) is 17.8 Å². The largest absolute Gasteiger partial charge is 0.495 e. The van der Waals surface area contributed by atoms with Crippen LogP contribution in [0.5, 0.6) is 5.75 Å². The van der Waals surface area contributed by atoms with Crippen molar-refractivity contribution in [2.45, 2.75) is 32.1 Å². The predicted octanol–water partition coefficient (Wildman–Crippen LogP) is 3.12. The number of benzene rings is 1. The summed E-state index contributed by atoms with van der Waals surface area (Å²) in [5.74, 6) is 1.09. The summed E-state index contributed by atoms with van der Waals surface area (Å²) in [5.41, 5.74) is 0.420. The van der Waals surface area contributed by atoms with Gasteiger partial charge in [0, 0.05) is 18.5 Å². The van der Waals surface area contributed by atoms with Gasteiger partial charge in [0.2, 0.25) is 5.91 Å². The molecule has 158 valence electrons. The van der Waals surface area contributed by atoms with Crippen LogP contribution in [0.2, 0.25) is 5.02 Å². The maximum absolute atomic E-state index is 12.2. The van der Waals surface area contributed by atoms with Crippen LogP contribution in [-0.4, -0.2) is 50.0 Å². The zero-order valence-electron chi connectivity index (χ0n) is 16.8. The molecule has 2 amide bonds. The number of anilines is 1. The number of methoxy groups -OCH3 is 1. The van der Waals surface area contributed by atoms with Crippen LogP contribution in [0.4, 0.5) is 5.69 Å². The second-order valence-corrected chi connectivity index (χ2v) is 8.38. The Bertz CT molecular complexity index is 784. The van der Waals surface area contributed by atoms with E-state index in [1.54, 1.807) is 18.2 Å². The summed E-state index contributed by atoms with van der Waals surface area (Å²) in [6, 6.07) is 4.86. The van der Waals surface area contributed by atoms with Gasteiger partial charge < -0.3 is 19.7 Å². The molecule has 1 aromatic carbocycles. The number of fused-ring (bicyclic) bond motifs is 2. The molecule has 8 heteroatoms. The molecule has 0 heterocycles. The molecule has 7 nitrogen and oxygen atoms in total. The fourth-order valence-corrected chi connectivity index (χ4v) is 4.60. The van der Waals surface area contributed by atoms with E-state index in [-0.39, 0.29) is 19.1 Å². The van der Waals surface area contributed by atoms with Crippen molar-refractivity contribution in [2.24, 2.45) is 17.8 Å². The molecule has 0 aromatic heterocycles. The minimum absolute atomic E-state index is 0.182. The molecule has 0 saturated heterocycles. The first-order chi connectivity index (χ1) is 13.9. The van der Waals surface area contributed by atoms with E-state index in [0.717, 1.165) is 12.3 Å². The van der Waals surface area contributed by atoms with E-state index >= 15 is 0 Å². The third kappa shape index (κ3) is 5.63. The number of nitrogens with one attached hydrogen (secondary N) is 1. The number of nitrogens with zero attached hydrogens (tertiary/aromatic N) is 1. The third-order valence-electron chi connectivity index (χ3n) is 5.91. The lowest BCUT2D eigenvalue weighted by atomic mass is 9.86. The van der Waals surface area contributed by atoms with Crippen LogP contribution in [0.15, 0.2) is 18.2 Å². The molecule has 2 bridgehead atoms. The number of carbonyl (C=O) groups excluding carboxylic acids is 3. The van der Waals surface area contributed by atoms with Crippen LogP contribution >= 0.6 is 11.6 Å². The van der Waals surface area contributed by atoms with Gasteiger partial charge in [0.15, 0.2) is 6.61 Å². The van der Waals surface area contributed by atoms with Crippen LogP contribution in [0.3, 0.4) is 0 Å². The number of ether oxygens (including phenoxy) is 2. The molecule has 2 aliphatic carbocycles. The van der Waals surface area contributed by atoms with E-state index in [0.29, 0.717) is 34.7 Å². The second-order valence-electron chi connectivity index (χ2n) is 7.94. The first-order valence-corrected chi connectivity index (χ1v) is 10.3. The highest BCUT2D eigenvalue weighted by molar-refractivity contribution is 6.31. The predicted molar refractivity (Wildman–Crippen MR) is 109 cm³/mol. The highest BCUT2D eigenvalue weighted by Gasteiger charge is 2.40. The number of hydrogen-bond donors (Lipinski definition) is 1. The number of esters is 1. The van der Waals surface area contributed by atoms with Gasteiger partial charge in [-0.3, -0.25) is 14.4 Å². The summed E-state index contributed by atoms with van der Waals surface area (Å²) in [5, 5.41) is 3.12. The Balaban J connectivity index is 1.41. The summed E-state index contributed by atoms with van der Waals surface area (Å²) in [7, 11) is 2.97. The number of rotatable bonds is 8. The molecule has 29 heavy (non-hydrogen) atoms. The first kappa shape index (κ1) is 21.4. The second kappa shape index (κ2) is 9.48. The summed E-state index contributed by atoms with van der Waals surface area (Å²) < 4.78 is 10.3. The number of halogens is 1. The van der Waals surface area contributed by atoms with Gasteiger partial charge in [-0.2, -0.15) is 0 Å². The topological polar surface area (TPSA) is 84.9 Å². The molecular weight excluding hydrogens is 396 g/mol. The average Bonchev–Trinajstić information content (AvgIpc) is 3.29. The molecular formula is C21H27ClN2O5. The number of hydrogen-bond acceptors (Lipinski definition) is 5. The van der Waals surface area contributed by atoms with Crippen molar-refractivity contribution in [2.75, 3.05) is 32.6 Å². The quantitative estimate of drug-likeness (QED) is 0.650. The van der Waals surface area contributed by atoms with E-state index in [4.69, 9.17) is 21.1 Å². The molecule has 1 N–H and O–H groups in total. The minimum atomic E-state index is -0.431. The highest BCUT2D eigenvalue weighted by atomic mass is 35.5. The Morgan fingerprint density at radius 3 is 2.69 bits per heavy atom. The van der Waals surface area contributed by atoms with Crippen molar-refractivity contribution in [1.29, 1.82) is 0 Å². The smallest absolute Gasteiger partial charge is 0.306 e. The highest BCUT2D eigenvalue weighted by Crippen LogP contribution is 2.49. The van der Waals surface area contributed by atoms with Crippen molar-refractivity contribution < 1.29 is 23.9 Å². The van der Waals surface area contributed by atoms with E-state index in [1.165, 1.54) is 38.3 Å². The number of carbonyl (C=O) groups is 3. The lowest BCUT2D eigenvalue weighted by Crippen LogP contribution is -2.37. The van der Waals surface area contributed by atoms with Crippen LogP contribution < -0.4 is 10.1 Å². The van der Waals surface area contributed by atoms with Gasteiger partial charge in [-0.15, -0.1) is 0 Å². The van der Waals surface area contributed by atoms with Gasteiger partial charge in [-0.05, 0) is 55.2 Å². The van der Waals surface area contributed by atoms with E-state index in [9.17, 15) is 14.4 Å². The van der Waals surface area contributed by atoms with E-state index in [1.807, 2.05) is 0 Å². The third-order valence-corrected chi connectivity index (χ3v) is 6.15. The van der Waals surface area contributed by atoms with E-state index < -0.39 is 11.8 Å². The summed E-state index contributed by atoms with van der Waals surface area (Å²) in [6.45, 7) is -0.539. The minimum Gasteiger partial charge on any atom is -0.495 e. The zero-order valence-corrected chi connectivity index (χ0v) is 17.5.